The molecule has 0 spiro atoms. The maximum absolute atomic E-state index is 6.93. The van der Waals surface area contributed by atoms with E-state index in [0.717, 1.165) is 0 Å². The standard InChI is InChI=1S/C12H4Cl6N4/c1-19-7-4-2-6(3-5-7)8-20-9(11(13,14)15)22-10(21-8)12(16,17)18/h2-5H. The predicted octanol–water partition coefficient (Wildman–Crippen LogP) is 5.74. The highest BCUT2D eigenvalue weighted by atomic mass is 35.6. The van der Waals surface area contributed by atoms with Gasteiger partial charge in [0.05, 0.1) is 6.57 Å². The fourth-order valence-corrected chi connectivity index (χ4v) is 1.95. The molecule has 114 valence electrons. The summed E-state index contributed by atoms with van der Waals surface area (Å²) in [7, 11) is 0. The minimum absolute atomic E-state index is 0.161. The summed E-state index contributed by atoms with van der Waals surface area (Å²) in [5.41, 5.74) is 1.02. The summed E-state index contributed by atoms with van der Waals surface area (Å²) < 4.78 is -3.81. The summed E-state index contributed by atoms with van der Waals surface area (Å²) >= 11 is 34.8. The molecule has 0 aliphatic rings. The van der Waals surface area contributed by atoms with Gasteiger partial charge < -0.3 is 0 Å². The van der Waals surface area contributed by atoms with Crippen LogP contribution >= 0.6 is 69.6 Å². The smallest absolute Gasteiger partial charge is 0.238 e. The van der Waals surface area contributed by atoms with E-state index in [4.69, 9.17) is 76.2 Å². The average Bonchev–Trinajstić information content (AvgIpc) is 2.45. The van der Waals surface area contributed by atoms with Crippen LogP contribution in [0.2, 0.25) is 0 Å². The number of halogens is 6. The summed E-state index contributed by atoms with van der Waals surface area (Å²) in [6.07, 6.45) is 0. The molecule has 2 aromatic rings. The van der Waals surface area contributed by atoms with Crippen LogP contribution in [-0.2, 0) is 7.59 Å². The van der Waals surface area contributed by atoms with Crippen LogP contribution in [0.25, 0.3) is 16.2 Å². The zero-order valence-corrected chi connectivity index (χ0v) is 14.9. The molecule has 1 heterocycles. The number of hydrogen-bond acceptors (Lipinski definition) is 3. The molecule has 22 heavy (non-hydrogen) atoms. The zero-order chi connectivity index (χ0) is 16.5. The lowest BCUT2D eigenvalue weighted by atomic mass is 10.2. The molecule has 0 amide bonds. The Bertz CT molecular complexity index is 695. The molecule has 0 aliphatic heterocycles. The number of hydrogen-bond donors (Lipinski definition) is 0. The van der Waals surface area contributed by atoms with Gasteiger partial charge in [0.2, 0.25) is 7.59 Å². The number of rotatable bonds is 1. The van der Waals surface area contributed by atoms with Gasteiger partial charge in [0.15, 0.2) is 23.2 Å². The highest BCUT2D eigenvalue weighted by molar-refractivity contribution is 6.67. The van der Waals surface area contributed by atoms with Crippen molar-refractivity contribution in [3.8, 4) is 11.4 Å². The average molecular weight is 417 g/mol. The van der Waals surface area contributed by atoms with Gasteiger partial charge in [0, 0.05) is 5.56 Å². The molecule has 0 radical (unpaired) electrons. The van der Waals surface area contributed by atoms with Gasteiger partial charge in [-0.1, -0.05) is 93.9 Å². The second kappa shape index (κ2) is 6.52. The summed E-state index contributed by atoms with van der Waals surface area (Å²) in [6.45, 7) is 6.93. The quantitative estimate of drug-likeness (QED) is 0.439. The van der Waals surface area contributed by atoms with Gasteiger partial charge in [-0.3, -0.25) is 0 Å². The van der Waals surface area contributed by atoms with Crippen molar-refractivity contribution >= 4 is 75.3 Å². The van der Waals surface area contributed by atoms with Crippen molar-refractivity contribution in [1.82, 2.24) is 15.0 Å². The number of alkyl halides is 6. The fourth-order valence-electron chi connectivity index (χ4n) is 1.44. The van der Waals surface area contributed by atoms with E-state index in [1.54, 1.807) is 24.3 Å². The van der Waals surface area contributed by atoms with Crippen LogP contribution in [-0.4, -0.2) is 15.0 Å². The van der Waals surface area contributed by atoms with E-state index in [1.807, 2.05) is 0 Å². The SMILES string of the molecule is [C-]#[N+]c1ccc(-c2nc(C(Cl)(Cl)Cl)nc(C(Cl)(Cl)Cl)n2)cc1. The third-order valence-corrected chi connectivity index (χ3v) is 3.41. The van der Waals surface area contributed by atoms with Crippen molar-refractivity contribution in [2.24, 2.45) is 0 Å². The van der Waals surface area contributed by atoms with Crippen LogP contribution in [0.4, 0.5) is 5.69 Å². The van der Waals surface area contributed by atoms with E-state index in [2.05, 4.69) is 19.8 Å². The Balaban J connectivity index is 2.62. The van der Waals surface area contributed by atoms with Gasteiger partial charge in [-0.05, 0) is 0 Å². The molecular weight excluding hydrogens is 413 g/mol. The second-order valence-electron chi connectivity index (χ2n) is 3.96. The fraction of sp³-hybridized carbons (Fsp3) is 0.167. The summed E-state index contributed by atoms with van der Waals surface area (Å²) in [5.74, 6) is -0.176. The Hall–Kier alpha value is -0.540. The Morgan fingerprint density at radius 1 is 0.773 bits per heavy atom. The Morgan fingerprint density at radius 2 is 1.23 bits per heavy atom. The van der Waals surface area contributed by atoms with Gasteiger partial charge in [0.25, 0.3) is 0 Å². The molecule has 1 aromatic heterocycles. The highest BCUT2D eigenvalue weighted by Gasteiger charge is 2.33. The highest BCUT2D eigenvalue weighted by Crippen LogP contribution is 2.40. The van der Waals surface area contributed by atoms with E-state index in [0.29, 0.717) is 11.3 Å². The molecule has 0 fully saturated rings. The molecule has 0 saturated carbocycles. The zero-order valence-electron chi connectivity index (χ0n) is 10.4. The first kappa shape index (κ1) is 17.8. The van der Waals surface area contributed by atoms with Crippen LogP contribution < -0.4 is 0 Å². The predicted molar refractivity (Wildman–Crippen MR) is 90.0 cm³/mol. The minimum atomic E-state index is -1.90. The molecule has 4 nitrogen and oxygen atoms in total. The molecule has 0 N–H and O–H groups in total. The van der Waals surface area contributed by atoms with Crippen LogP contribution in [0.5, 0.6) is 0 Å². The summed E-state index contributed by atoms with van der Waals surface area (Å²) in [5, 5.41) is 0. The van der Waals surface area contributed by atoms with Crippen molar-refractivity contribution in [2.45, 2.75) is 7.59 Å². The molecule has 0 unspecified atom stereocenters. The van der Waals surface area contributed by atoms with Crippen LogP contribution in [0.3, 0.4) is 0 Å². The van der Waals surface area contributed by atoms with E-state index >= 15 is 0 Å². The van der Waals surface area contributed by atoms with E-state index in [9.17, 15) is 0 Å². The Labute approximate surface area is 156 Å². The van der Waals surface area contributed by atoms with Gasteiger partial charge in [0.1, 0.15) is 0 Å². The first-order chi connectivity index (χ1) is 10.1. The van der Waals surface area contributed by atoms with E-state index in [1.165, 1.54) is 0 Å². The number of nitrogens with zero attached hydrogens (tertiary/aromatic N) is 4. The van der Waals surface area contributed by atoms with E-state index < -0.39 is 7.59 Å². The van der Waals surface area contributed by atoms with Crippen molar-refractivity contribution in [3.63, 3.8) is 0 Å². The molecule has 0 bridgehead atoms. The molecule has 0 aliphatic carbocycles. The molecule has 10 heteroatoms. The third kappa shape index (κ3) is 4.26. The van der Waals surface area contributed by atoms with Crippen molar-refractivity contribution in [1.29, 1.82) is 0 Å². The molecular formula is C12H4Cl6N4. The van der Waals surface area contributed by atoms with Crippen molar-refractivity contribution in [3.05, 3.63) is 47.3 Å². The molecule has 1 aromatic carbocycles. The summed E-state index contributed by atoms with van der Waals surface area (Å²) in [4.78, 5) is 15.3. The molecule has 0 saturated heterocycles. The first-order valence-corrected chi connectivity index (χ1v) is 7.76. The van der Waals surface area contributed by atoms with Crippen LogP contribution in [0.15, 0.2) is 24.3 Å². The second-order valence-corrected chi connectivity index (χ2v) is 8.52. The van der Waals surface area contributed by atoms with Crippen molar-refractivity contribution < 1.29 is 0 Å². The number of benzene rings is 1. The molecule has 0 atom stereocenters. The van der Waals surface area contributed by atoms with Gasteiger partial charge >= 0.3 is 0 Å². The van der Waals surface area contributed by atoms with Gasteiger partial charge in [-0.25, -0.2) is 19.8 Å². The third-order valence-electron chi connectivity index (χ3n) is 2.40. The normalized spacial score (nSPS) is 12.0. The summed E-state index contributed by atoms with van der Waals surface area (Å²) in [6, 6.07) is 6.45. The van der Waals surface area contributed by atoms with E-state index in [-0.39, 0.29) is 17.5 Å². The minimum Gasteiger partial charge on any atom is -0.238 e. The Kier molecular flexibility index (Phi) is 5.28. The molecule has 2 rings (SSSR count). The van der Waals surface area contributed by atoms with Crippen molar-refractivity contribution in [2.75, 3.05) is 0 Å². The maximum Gasteiger partial charge on any atom is 0.250 e. The Morgan fingerprint density at radius 3 is 1.59 bits per heavy atom. The number of aromatic nitrogens is 3. The van der Waals surface area contributed by atoms with Crippen LogP contribution in [0, 0.1) is 6.57 Å². The lowest BCUT2D eigenvalue weighted by Gasteiger charge is -2.15. The van der Waals surface area contributed by atoms with Gasteiger partial charge in [-0.15, -0.1) is 0 Å². The largest absolute Gasteiger partial charge is 0.250 e. The first-order valence-electron chi connectivity index (χ1n) is 5.49. The topological polar surface area (TPSA) is 43.0 Å². The lowest BCUT2D eigenvalue weighted by molar-refractivity contribution is 0.851. The van der Waals surface area contributed by atoms with Crippen LogP contribution in [0.1, 0.15) is 11.6 Å². The monoisotopic (exact) mass is 414 g/mol. The maximum atomic E-state index is 6.93. The van der Waals surface area contributed by atoms with Gasteiger partial charge in [-0.2, -0.15) is 0 Å². The lowest BCUT2D eigenvalue weighted by Crippen LogP contribution is -2.16.